The van der Waals surface area contributed by atoms with Crippen LogP contribution in [0.25, 0.3) is 5.69 Å². The molecule has 0 unspecified atom stereocenters. The van der Waals surface area contributed by atoms with Gasteiger partial charge in [-0.2, -0.15) is 0 Å². The summed E-state index contributed by atoms with van der Waals surface area (Å²) in [5.74, 6) is 0.782. The maximum Gasteiger partial charge on any atom is 0.209 e. The Balaban J connectivity index is 1.37. The lowest BCUT2D eigenvalue weighted by Gasteiger charge is -1.98. The molecule has 2 heterocycles. The Morgan fingerprint density at radius 1 is 0.960 bits per heavy atom. The first-order valence-electron chi connectivity index (χ1n) is 7.94. The first-order valence-corrected chi connectivity index (χ1v) is 9.80. The SMILES string of the molecule is c1ccc(Cc2nc(CSc3ncn(-c4ccccc4)n3)cs2)cc1. The monoisotopic (exact) mass is 364 g/mol. The van der Waals surface area contributed by atoms with Gasteiger partial charge in [0, 0.05) is 17.6 Å². The Morgan fingerprint density at radius 3 is 2.52 bits per heavy atom. The first-order chi connectivity index (χ1) is 12.4. The van der Waals surface area contributed by atoms with E-state index in [1.54, 1.807) is 34.1 Å². The van der Waals surface area contributed by atoms with Crippen molar-refractivity contribution >= 4 is 23.1 Å². The topological polar surface area (TPSA) is 43.6 Å². The van der Waals surface area contributed by atoms with Crippen molar-refractivity contribution < 1.29 is 0 Å². The Labute approximate surface area is 154 Å². The highest BCUT2D eigenvalue weighted by Gasteiger charge is 2.07. The lowest BCUT2D eigenvalue weighted by Crippen LogP contribution is -1.93. The number of thioether (sulfide) groups is 1. The van der Waals surface area contributed by atoms with E-state index in [1.165, 1.54) is 5.56 Å². The predicted molar refractivity (Wildman–Crippen MR) is 102 cm³/mol. The van der Waals surface area contributed by atoms with Crippen LogP contribution in [0.3, 0.4) is 0 Å². The summed E-state index contributed by atoms with van der Waals surface area (Å²) in [6.45, 7) is 0. The van der Waals surface area contributed by atoms with Gasteiger partial charge in [0.15, 0.2) is 0 Å². The molecule has 4 aromatic rings. The van der Waals surface area contributed by atoms with Crippen LogP contribution in [0.15, 0.2) is 77.5 Å². The van der Waals surface area contributed by atoms with Gasteiger partial charge in [0.05, 0.1) is 16.4 Å². The lowest BCUT2D eigenvalue weighted by molar-refractivity contribution is 0.834. The van der Waals surface area contributed by atoms with Crippen molar-refractivity contribution in [1.82, 2.24) is 19.7 Å². The number of nitrogens with zero attached hydrogens (tertiary/aromatic N) is 4. The third kappa shape index (κ3) is 4.15. The zero-order chi connectivity index (χ0) is 16.9. The molecule has 4 rings (SSSR count). The largest absolute Gasteiger partial charge is 0.245 e. The summed E-state index contributed by atoms with van der Waals surface area (Å²) in [6.07, 6.45) is 2.64. The van der Waals surface area contributed by atoms with Crippen LogP contribution in [0.1, 0.15) is 16.3 Å². The maximum atomic E-state index is 4.72. The van der Waals surface area contributed by atoms with Crippen LogP contribution in [0, 0.1) is 0 Å². The van der Waals surface area contributed by atoms with Crippen LogP contribution < -0.4 is 0 Å². The van der Waals surface area contributed by atoms with E-state index in [0.29, 0.717) is 0 Å². The van der Waals surface area contributed by atoms with E-state index in [9.17, 15) is 0 Å². The van der Waals surface area contributed by atoms with Crippen molar-refractivity contribution in [2.45, 2.75) is 17.3 Å². The second-order valence-corrected chi connectivity index (χ2v) is 7.38. The molecule has 0 amide bonds. The molecule has 0 N–H and O–H groups in total. The summed E-state index contributed by atoms with van der Waals surface area (Å²) in [6, 6.07) is 20.4. The van der Waals surface area contributed by atoms with E-state index < -0.39 is 0 Å². The molecular weight excluding hydrogens is 348 g/mol. The molecule has 0 saturated heterocycles. The average Bonchev–Trinajstić information content (AvgIpc) is 3.31. The molecule has 0 bridgehead atoms. The van der Waals surface area contributed by atoms with E-state index in [0.717, 1.165) is 33.7 Å². The third-order valence-electron chi connectivity index (χ3n) is 3.64. The Hall–Kier alpha value is -2.44. The van der Waals surface area contributed by atoms with E-state index >= 15 is 0 Å². The van der Waals surface area contributed by atoms with Gasteiger partial charge in [-0.3, -0.25) is 0 Å². The van der Waals surface area contributed by atoms with Crippen LogP contribution in [0.2, 0.25) is 0 Å². The van der Waals surface area contributed by atoms with Crippen LogP contribution in [-0.4, -0.2) is 19.7 Å². The normalized spacial score (nSPS) is 10.9. The van der Waals surface area contributed by atoms with E-state index in [1.807, 2.05) is 36.4 Å². The van der Waals surface area contributed by atoms with Gasteiger partial charge in [-0.15, -0.1) is 16.4 Å². The minimum Gasteiger partial charge on any atom is -0.245 e. The number of benzene rings is 2. The third-order valence-corrected chi connectivity index (χ3v) is 5.42. The lowest BCUT2D eigenvalue weighted by atomic mass is 10.2. The molecule has 0 radical (unpaired) electrons. The van der Waals surface area contributed by atoms with Gasteiger partial charge in [0.2, 0.25) is 5.16 Å². The van der Waals surface area contributed by atoms with Gasteiger partial charge in [0.1, 0.15) is 6.33 Å². The van der Waals surface area contributed by atoms with Crippen LogP contribution in [-0.2, 0) is 12.2 Å². The molecular formula is C19H16N4S2. The van der Waals surface area contributed by atoms with E-state index in [2.05, 4.69) is 39.7 Å². The smallest absolute Gasteiger partial charge is 0.209 e. The standard InChI is InChI=1S/C19H16N4S2/c1-3-7-15(8-4-1)11-18-21-16(12-24-18)13-25-19-20-14-23(22-19)17-9-5-2-6-10-17/h1-10,12,14H,11,13H2. The molecule has 4 nitrogen and oxygen atoms in total. The van der Waals surface area contributed by atoms with Crippen molar-refractivity contribution in [3.8, 4) is 5.69 Å². The number of hydrogen-bond acceptors (Lipinski definition) is 5. The zero-order valence-corrected chi connectivity index (χ0v) is 15.1. The maximum absolute atomic E-state index is 4.72. The molecule has 25 heavy (non-hydrogen) atoms. The summed E-state index contributed by atoms with van der Waals surface area (Å²) >= 11 is 3.32. The summed E-state index contributed by atoms with van der Waals surface area (Å²) in [4.78, 5) is 9.09. The van der Waals surface area contributed by atoms with Gasteiger partial charge in [-0.1, -0.05) is 60.3 Å². The molecule has 2 aromatic carbocycles. The second kappa shape index (κ2) is 7.63. The average molecular weight is 364 g/mol. The minimum atomic E-state index is 0.765. The van der Waals surface area contributed by atoms with Crippen molar-refractivity contribution in [1.29, 1.82) is 0 Å². The van der Waals surface area contributed by atoms with Gasteiger partial charge in [0.25, 0.3) is 0 Å². The van der Waals surface area contributed by atoms with Gasteiger partial charge >= 0.3 is 0 Å². The highest BCUT2D eigenvalue weighted by atomic mass is 32.2. The fourth-order valence-electron chi connectivity index (χ4n) is 2.42. The van der Waals surface area contributed by atoms with Gasteiger partial charge in [-0.25, -0.2) is 14.6 Å². The van der Waals surface area contributed by atoms with Gasteiger partial charge < -0.3 is 0 Å². The second-order valence-electron chi connectivity index (χ2n) is 5.49. The summed E-state index contributed by atoms with van der Waals surface area (Å²) < 4.78 is 1.80. The van der Waals surface area contributed by atoms with Crippen LogP contribution in [0.5, 0.6) is 0 Å². The first kappa shape index (κ1) is 16.1. The number of hydrogen-bond donors (Lipinski definition) is 0. The molecule has 0 aliphatic heterocycles. The molecule has 2 aromatic heterocycles. The summed E-state index contributed by atoms with van der Waals surface area (Å²) in [7, 11) is 0. The van der Waals surface area contributed by atoms with Gasteiger partial charge in [-0.05, 0) is 17.7 Å². The molecule has 124 valence electrons. The van der Waals surface area contributed by atoms with Crippen molar-refractivity contribution in [3.05, 3.63) is 88.6 Å². The fourth-order valence-corrected chi connectivity index (χ4v) is 4.05. The minimum absolute atomic E-state index is 0.765. The molecule has 6 heteroatoms. The van der Waals surface area contributed by atoms with Crippen molar-refractivity contribution in [2.75, 3.05) is 0 Å². The highest BCUT2D eigenvalue weighted by Crippen LogP contribution is 2.22. The predicted octanol–water partition coefficient (Wildman–Crippen LogP) is 4.61. The summed E-state index contributed by atoms with van der Waals surface area (Å²) in [5, 5.41) is 8.55. The fraction of sp³-hybridized carbons (Fsp3) is 0.105. The number of thiazole rings is 1. The highest BCUT2D eigenvalue weighted by molar-refractivity contribution is 7.98. The molecule has 0 aliphatic rings. The van der Waals surface area contributed by atoms with Crippen LogP contribution in [0.4, 0.5) is 0 Å². The number of para-hydroxylation sites is 1. The van der Waals surface area contributed by atoms with Crippen molar-refractivity contribution in [3.63, 3.8) is 0 Å². The molecule has 0 saturated carbocycles. The van der Waals surface area contributed by atoms with Crippen molar-refractivity contribution in [2.24, 2.45) is 0 Å². The number of aromatic nitrogens is 4. The van der Waals surface area contributed by atoms with Crippen LogP contribution >= 0.6 is 23.1 Å². The molecule has 0 fully saturated rings. The Morgan fingerprint density at radius 2 is 1.72 bits per heavy atom. The zero-order valence-electron chi connectivity index (χ0n) is 13.4. The van der Waals surface area contributed by atoms with E-state index in [-0.39, 0.29) is 0 Å². The van der Waals surface area contributed by atoms with E-state index in [4.69, 9.17) is 4.98 Å². The Bertz CT molecular complexity index is 932. The number of rotatable bonds is 6. The Kier molecular flexibility index (Phi) is 4.90. The molecule has 0 aliphatic carbocycles. The quantitative estimate of drug-likeness (QED) is 0.469. The molecule has 0 spiro atoms. The summed E-state index contributed by atoms with van der Waals surface area (Å²) in [5.41, 5.74) is 3.39. The molecule has 0 atom stereocenters.